The smallest absolute Gasteiger partial charge is 0.306 e. The van der Waals surface area contributed by atoms with E-state index >= 15 is 0 Å². The molecule has 2 atom stereocenters. The van der Waals surface area contributed by atoms with E-state index in [1.165, 1.54) is 135 Å². The van der Waals surface area contributed by atoms with Gasteiger partial charge in [0, 0.05) is 12.8 Å². The first kappa shape index (κ1) is 87.9. The molecular weight excluding hydrogens is 1150 g/mol. The van der Waals surface area contributed by atoms with Crippen molar-refractivity contribution < 1.29 is 42.9 Å². The van der Waals surface area contributed by atoms with Gasteiger partial charge in [-0.25, -0.2) is 0 Å². The molecule has 2 unspecified atom stereocenters. The van der Waals surface area contributed by atoms with E-state index < -0.39 is 24.3 Å². The molecule has 0 saturated heterocycles. The van der Waals surface area contributed by atoms with Crippen LogP contribution in [0.5, 0.6) is 0 Å². The third kappa shape index (κ3) is 74.2. The first-order chi connectivity index (χ1) is 45.6. The van der Waals surface area contributed by atoms with Crippen LogP contribution in [0.15, 0.2) is 158 Å². The molecule has 9 heteroatoms. The minimum absolute atomic E-state index is 0.141. The molecule has 0 aliphatic rings. The molecule has 0 fully saturated rings. The summed E-state index contributed by atoms with van der Waals surface area (Å²) in [6, 6.07) is 0. The molecule has 528 valence electrons. The van der Waals surface area contributed by atoms with E-state index in [0.717, 1.165) is 128 Å². The predicted octanol–water partition coefficient (Wildman–Crippen LogP) is 22.7. The average Bonchev–Trinajstić information content (AvgIpc) is 3.74. The van der Waals surface area contributed by atoms with Gasteiger partial charge < -0.3 is 33.3 Å². The molecule has 0 radical (unpaired) electrons. The highest BCUT2D eigenvalue weighted by Crippen LogP contribution is 2.17. The lowest BCUT2D eigenvalue weighted by Gasteiger charge is -2.26. The molecule has 0 bridgehead atoms. The summed E-state index contributed by atoms with van der Waals surface area (Å²) >= 11 is 0. The molecule has 0 rings (SSSR count). The Morgan fingerprint density at radius 3 is 0.860 bits per heavy atom. The third-order valence-electron chi connectivity index (χ3n) is 15.8. The number of hydrogen-bond donors (Lipinski definition) is 0. The van der Waals surface area contributed by atoms with Crippen molar-refractivity contribution in [1.82, 2.24) is 0 Å². The zero-order valence-corrected chi connectivity index (χ0v) is 60.3. The molecule has 0 aromatic rings. The first-order valence-electron chi connectivity index (χ1n) is 37.6. The summed E-state index contributed by atoms with van der Waals surface area (Å²) in [6.45, 7) is 4.53. The third-order valence-corrected chi connectivity index (χ3v) is 15.8. The van der Waals surface area contributed by atoms with Gasteiger partial charge in [-0.05, 0) is 122 Å². The molecule has 0 N–H and O–H groups in total. The topological polar surface area (TPSA) is 111 Å². The largest absolute Gasteiger partial charge is 0.545 e. The lowest BCUT2D eigenvalue weighted by atomic mass is 10.0. The number of esters is 2. The number of unbranched alkanes of at least 4 members (excludes halogenated alkanes) is 27. The number of likely N-dealkylation sites (N-methyl/N-ethyl adjacent to an activating group) is 1. The Bertz CT molecular complexity index is 2090. The number of ether oxygens (including phenoxy) is 4. The van der Waals surface area contributed by atoms with Gasteiger partial charge in [-0.3, -0.25) is 9.59 Å². The first-order valence-corrected chi connectivity index (χ1v) is 37.6. The lowest BCUT2D eigenvalue weighted by molar-refractivity contribution is -0.870. The summed E-state index contributed by atoms with van der Waals surface area (Å²) < 4.78 is 22.8. The van der Waals surface area contributed by atoms with E-state index in [1.807, 2.05) is 21.1 Å². The fourth-order valence-electron chi connectivity index (χ4n) is 10.1. The maximum Gasteiger partial charge on any atom is 0.306 e. The zero-order valence-electron chi connectivity index (χ0n) is 60.3. The Morgan fingerprint density at radius 2 is 0.581 bits per heavy atom. The van der Waals surface area contributed by atoms with Gasteiger partial charge >= 0.3 is 11.9 Å². The second-order valence-corrected chi connectivity index (χ2v) is 25.8. The van der Waals surface area contributed by atoms with Gasteiger partial charge in [0.1, 0.15) is 13.2 Å². The van der Waals surface area contributed by atoms with E-state index in [9.17, 15) is 19.5 Å². The zero-order chi connectivity index (χ0) is 67.5. The highest BCUT2D eigenvalue weighted by atomic mass is 16.7. The number of hydrogen-bond acceptors (Lipinski definition) is 8. The Morgan fingerprint density at radius 1 is 0.323 bits per heavy atom. The van der Waals surface area contributed by atoms with Gasteiger partial charge in [-0.2, -0.15) is 0 Å². The molecular formula is C84H139NO8. The Balaban J connectivity index is 4.11. The maximum absolute atomic E-state index is 13.0. The van der Waals surface area contributed by atoms with Crippen LogP contribution < -0.4 is 5.11 Å². The number of nitrogens with zero attached hydrogens (tertiary/aromatic N) is 1. The monoisotopic (exact) mass is 1290 g/mol. The number of carbonyl (C=O) groups is 3. The number of allylic oxidation sites excluding steroid dienone is 26. The number of carboxylic acids is 1. The molecule has 0 saturated carbocycles. The van der Waals surface area contributed by atoms with Crippen LogP contribution in [0.1, 0.15) is 296 Å². The number of rotatable bonds is 68. The number of aliphatic carboxylic acids is 1. The van der Waals surface area contributed by atoms with Crippen LogP contribution in [0, 0.1) is 0 Å². The van der Waals surface area contributed by atoms with Crippen molar-refractivity contribution in [2.45, 2.75) is 309 Å². The molecule has 0 aliphatic carbocycles. The second kappa shape index (κ2) is 72.7. The van der Waals surface area contributed by atoms with Crippen LogP contribution in [0.25, 0.3) is 0 Å². The summed E-state index contributed by atoms with van der Waals surface area (Å²) in [4.78, 5) is 37.6. The fourth-order valence-corrected chi connectivity index (χ4v) is 10.1. The average molecular weight is 1290 g/mol. The van der Waals surface area contributed by atoms with Crippen molar-refractivity contribution in [3.05, 3.63) is 158 Å². The maximum atomic E-state index is 13.0. The number of quaternary nitrogens is 1. The molecule has 9 nitrogen and oxygen atoms in total. The van der Waals surface area contributed by atoms with Gasteiger partial charge in [0.05, 0.1) is 40.3 Å². The normalized spacial score (nSPS) is 13.6. The lowest BCUT2D eigenvalue weighted by Crippen LogP contribution is -2.44. The minimum atomic E-state index is -1.63. The highest BCUT2D eigenvalue weighted by Gasteiger charge is 2.22. The summed E-state index contributed by atoms with van der Waals surface area (Å²) in [5.41, 5.74) is 0. The SMILES string of the molecule is CC/C=C\C/C=C\C/C=C\C/C=C\C/C=C\C/C=C\C/C=C\CCCCCCCCCCCCCC(=O)OC(COC(=O)CCCCCCCCCCCCCCCCCC/C=C\C/C=C\C/C=C\C/C=C\C/C=C\C/C=C\CC)COC(OCC[N+](C)(C)C)C(=O)[O-]. The predicted molar refractivity (Wildman–Crippen MR) is 398 cm³/mol. The van der Waals surface area contributed by atoms with Crippen LogP contribution in [0.2, 0.25) is 0 Å². The van der Waals surface area contributed by atoms with Crippen molar-refractivity contribution in [3.8, 4) is 0 Å². The van der Waals surface area contributed by atoms with Gasteiger partial charge in [0.15, 0.2) is 12.4 Å². The Kier molecular flexibility index (Phi) is 68.8. The van der Waals surface area contributed by atoms with E-state index in [-0.39, 0.29) is 38.6 Å². The molecule has 0 spiro atoms. The number of carboxylic acid groups (broad SMARTS) is 1. The van der Waals surface area contributed by atoms with Crippen molar-refractivity contribution in [2.24, 2.45) is 0 Å². The number of carbonyl (C=O) groups excluding carboxylic acids is 3. The standard InChI is InChI=1S/C84H139NO8/c1-6-8-10-12-14-16-18-20-22-24-26-28-30-32-34-36-38-40-41-43-44-46-48-50-52-54-56-58-60-62-64-66-68-70-72-74-81(86)91-78-80(79-92-84(83(88)89)90-77-76-85(3,4)5)93-82(87)75-73-71-69-67-65-63-61-59-57-55-53-51-49-47-45-42-39-37-35-33-31-29-27-25-23-21-19-17-15-13-11-9-7-2/h8-11,14-17,20-23,26-29,32-35,38-40,42,47,49,80,84H,6-7,12-13,18-19,24-25,30-31,36-37,41,43-46,48,50-79H2,1-5H3/b10-8-,11-9-,16-14-,17-15-,22-20-,23-21-,28-26-,29-27-,34-32-,35-33-,40-38-,42-39-,49-47-. The van der Waals surface area contributed by atoms with E-state index in [4.69, 9.17) is 18.9 Å². The van der Waals surface area contributed by atoms with Gasteiger partial charge in [-0.15, -0.1) is 0 Å². The van der Waals surface area contributed by atoms with Gasteiger partial charge in [0.2, 0.25) is 0 Å². The van der Waals surface area contributed by atoms with Gasteiger partial charge in [0.25, 0.3) is 0 Å². The van der Waals surface area contributed by atoms with Crippen LogP contribution >= 0.6 is 0 Å². The van der Waals surface area contributed by atoms with Crippen LogP contribution in [0.3, 0.4) is 0 Å². The second-order valence-electron chi connectivity index (χ2n) is 25.8. The van der Waals surface area contributed by atoms with Crippen LogP contribution in [0.4, 0.5) is 0 Å². The Hall–Kier alpha value is -5.09. The summed E-state index contributed by atoms with van der Waals surface area (Å²) in [6.07, 6.45) is 105. The van der Waals surface area contributed by atoms with E-state index in [1.54, 1.807) is 0 Å². The molecule has 0 aromatic carbocycles. The quantitative estimate of drug-likeness (QED) is 0.0195. The molecule has 93 heavy (non-hydrogen) atoms. The van der Waals surface area contributed by atoms with Crippen molar-refractivity contribution in [3.63, 3.8) is 0 Å². The fraction of sp³-hybridized carbons (Fsp3) is 0.655. The minimum Gasteiger partial charge on any atom is -0.545 e. The van der Waals surface area contributed by atoms with Gasteiger partial charge in [-0.1, -0.05) is 320 Å². The summed E-state index contributed by atoms with van der Waals surface area (Å²) in [5, 5.41) is 11.9. The molecule has 0 amide bonds. The van der Waals surface area contributed by atoms with Crippen molar-refractivity contribution in [2.75, 3.05) is 47.5 Å². The summed E-state index contributed by atoms with van der Waals surface area (Å²) in [7, 11) is 5.93. The van der Waals surface area contributed by atoms with Crippen LogP contribution in [-0.2, 0) is 33.3 Å². The van der Waals surface area contributed by atoms with E-state index in [2.05, 4.69) is 172 Å². The summed E-state index contributed by atoms with van der Waals surface area (Å²) in [5.74, 6) is -2.29. The van der Waals surface area contributed by atoms with E-state index in [0.29, 0.717) is 17.4 Å². The molecule has 0 aromatic heterocycles. The molecule has 0 aliphatic heterocycles. The van der Waals surface area contributed by atoms with Crippen LogP contribution in [-0.4, -0.2) is 82.3 Å². The van der Waals surface area contributed by atoms with Crippen molar-refractivity contribution in [1.29, 1.82) is 0 Å². The van der Waals surface area contributed by atoms with Crippen molar-refractivity contribution >= 4 is 17.9 Å². The molecule has 0 heterocycles. The Labute approximate surface area is 572 Å². The highest BCUT2D eigenvalue weighted by molar-refractivity contribution is 5.70.